The van der Waals surface area contributed by atoms with Crippen LogP contribution in [0.1, 0.15) is 27.2 Å². The first-order valence-electron chi connectivity index (χ1n) is 13.7. The van der Waals surface area contributed by atoms with Crippen molar-refractivity contribution in [3.8, 4) is 0 Å². The molecule has 1 N–H and O–H groups in total. The molecule has 1 aromatic carbocycles. The molecule has 0 aromatic heterocycles. The Kier molecular flexibility index (Phi) is 6.86. The molecule has 5 rings (SSSR count). The molecule has 2 fully saturated rings. The fourth-order valence-electron chi connectivity index (χ4n) is 6.89. The molecule has 38 heavy (non-hydrogen) atoms. The minimum Gasteiger partial charge on any atom is -0.395 e. The number of nitrogens with zero attached hydrogens (tertiary/aromatic N) is 4. The van der Waals surface area contributed by atoms with Crippen molar-refractivity contribution in [2.75, 3.05) is 56.2 Å². The van der Waals surface area contributed by atoms with Crippen LogP contribution in [0.2, 0.25) is 0 Å². The SMILES string of the molecule is CCN(CC)c1ccc(N2CC=C[C@]34O[C@]5(CC)C=CCN(C)C(=O)[C@@H]5[C@H]3C(=O)N(CCO)C4C2=O)cc1. The average Bonchev–Trinajstić information content (AvgIpc) is 3.21. The highest BCUT2D eigenvalue weighted by Gasteiger charge is 2.75. The Bertz CT molecular complexity index is 1160. The highest BCUT2D eigenvalue weighted by Crippen LogP contribution is 2.58. The maximum atomic E-state index is 14.3. The maximum absolute atomic E-state index is 14.3. The second-order valence-electron chi connectivity index (χ2n) is 10.5. The fraction of sp³-hybridized carbons (Fsp3) is 0.552. The van der Waals surface area contributed by atoms with Gasteiger partial charge in [0.25, 0.3) is 5.91 Å². The van der Waals surface area contributed by atoms with E-state index >= 15 is 0 Å². The largest absolute Gasteiger partial charge is 0.395 e. The van der Waals surface area contributed by atoms with Gasteiger partial charge in [0.05, 0.1) is 24.0 Å². The number of amides is 3. The minimum atomic E-state index is -1.31. The standard InChI is InChI=1S/C29H38N4O5/c1-5-28-14-8-16-30(4)25(35)22(28)23-26(36)33(18-19-34)24-27(37)32(17-9-15-29(23,24)38-28)21-12-10-20(11-13-21)31(6-2)7-3/h8-15,22-24,34H,5-7,16-19H2,1-4H3/t22-,23-,24?,28+,29-/m0/s1. The van der Waals surface area contributed by atoms with Crippen molar-refractivity contribution in [1.82, 2.24) is 9.80 Å². The number of carbonyl (C=O) groups is 3. The Labute approximate surface area is 224 Å². The number of likely N-dealkylation sites (tertiary alicyclic amines) is 1. The second-order valence-corrected chi connectivity index (χ2v) is 10.5. The van der Waals surface area contributed by atoms with Crippen LogP contribution in [-0.2, 0) is 19.1 Å². The third-order valence-corrected chi connectivity index (χ3v) is 8.77. The summed E-state index contributed by atoms with van der Waals surface area (Å²) in [4.78, 5) is 49.0. The number of aliphatic hydroxyl groups excluding tert-OH is 1. The molecule has 204 valence electrons. The number of likely N-dealkylation sites (N-methyl/N-ethyl adjacent to an activating group) is 1. The van der Waals surface area contributed by atoms with E-state index < -0.39 is 29.1 Å². The number of fused-ring (bicyclic) bond motifs is 2. The molecule has 9 nitrogen and oxygen atoms in total. The highest BCUT2D eigenvalue weighted by molar-refractivity contribution is 6.06. The third kappa shape index (κ3) is 3.70. The van der Waals surface area contributed by atoms with Crippen LogP contribution in [0.4, 0.5) is 11.4 Å². The summed E-state index contributed by atoms with van der Waals surface area (Å²) in [7, 11) is 1.73. The van der Waals surface area contributed by atoms with Gasteiger partial charge in [0, 0.05) is 51.1 Å². The smallest absolute Gasteiger partial charge is 0.253 e. The summed E-state index contributed by atoms with van der Waals surface area (Å²) in [5.41, 5.74) is -0.500. The number of anilines is 2. The minimum absolute atomic E-state index is 0.00879. The van der Waals surface area contributed by atoms with Crippen molar-refractivity contribution >= 4 is 29.1 Å². The van der Waals surface area contributed by atoms with E-state index in [0.29, 0.717) is 19.5 Å². The zero-order valence-corrected chi connectivity index (χ0v) is 22.7. The van der Waals surface area contributed by atoms with Crippen LogP contribution in [0.5, 0.6) is 0 Å². The quantitative estimate of drug-likeness (QED) is 0.549. The van der Waals surface area contributed by atoms with Crippen molar-refractivity contribution in [2.24, 2.45) is 11.8 Å². The van der Waals surface area contributed by atoms with Crippen LogP contribution in [0, 0.1) is 11.8 Å². The first kappa shape index (κ1) is 26.4. The Hall–Kier alpha value is -3.17. The molecule has 5 atom stereocenters. The van der Waals surface area contributed by atoms with Crippen molar-refractivity contribution in [3.63, 3.8) is 0 Å². The normalized spacial score (nSPS) is 32.3. The lowest BCUT2D eigenvalue weighted by Gasteiger charge is -2.38. The van der Waals surface area contributed by atoms with Crippen molar-refractivity contribution in [2.45, 2.75) is 44.4 Å². The molecule has 9 heteroatoms. The van der Waals surface area contributed by atoms with Gasteiger partial charge in [-0.15, -0.1) is 0 Å². The van der Waals surface area contributed by atoms with E-state index in [1.165, 1.54) is 4.90 Å². The van der Waals surface area contributed by atoms with E-state index in [9.17, 15) is 19.5 Å². The Balaban J connectivity index is 1.59. The van der Waals surface area contributed by atoms with Gasteiger partial charge in [-0.2, -0.15) is 0 Å². The average molecular weight is 523 g/mol. The van der Waals surface area contributed by atoms with E-state index in [-0.39, 0.29) is 30.9 Å². The molecule has 3 amide bonds. The van der Waals surface area contributed by atoms with Crippen LogP contribution in [-0.4, -0.2) is 96.3 Å². The predicted molar refractivity (Wildman–Crippen MR) is 145 cm³/mol. The molecule has 0 saturated carbocycles. The Morgan fingerprint density at radius 3 is 2.26 bits per heavy atom. The molecule has 4 heterocycles. The number of carbonyl (C=O) groups excluding carboxylic acids is 3. The number of rotatable bonds is 7. The summed E-state index contributed by atoms with van der Waals surface area (Å²) in [5, 5.41) is 9.86. The molecule has 0 bridgehead atoms. The molecule has 0 radical (unpaired) electrons. The molecule has 2 saturated heterocycles. The molecular weight excluding hydrogens is 484 g/mol. The molecule has 4 aliphatic heterocycles. The zero-order chi connectivity index (χ0) is 27.2. The summed E-state index contributed by atoms with van der Waals surface area (Å²) in [6, 6.07) is 6.87. The Morgan fingerprint density at radius 1 is 0.947 bits per heavy atom. The predicted octanol–water partition coefficient (Wildman–Crippen LogP) is 1.82. The van der Waals surface area contributed by atoms with Crippen LogP contribution < -0.4 is 9.80 Å². The summed E-state index contributed by atoms with van der Waals surface area (Å²) in [5.74, 6) is -2.37. The van der Waals surface area contributed by atoms with Gasteiger partial charge in [0.1, 0.15) is 11.6 Å². The monoisotopic (exact) mass is 522 g/mol. The van der Waals surface area contributed by atoms with Crippen LogP contribution >= 0.6 is 0 Å². The summed E-state index contributed by atoms with van der Waals surface area (Å²) in [6.45, 7) is 8.36. The summed E-state index contributed by atoms with van der Waals surface area (Å²) < 4.78 is 6.86. The first-order valence-corrected chi connectivity index (χ1v) is 13.7. The van der Waals surface area contributed by atoms with Gasteiger partial charge in [0.15, 0.2) is 0 Å². The topological polar surface area (TPSA) is 93.6 Å². The lowest BCUT2D eigenvalue weighted by molar-refractivity contribution is -0.149. The van der Waals surface area contributed by atoms with E-state index in [1.807, 2.05) is 55.5 Å². The van der Waals surface area contributed by atoms with E-state index in [1.54, 1.807) is 16.8 Å². The number of aliphatic hydroxyl groups is 1. The van der Waals surface area contributed by atoms with Crippen molar-refractivity contribution < 1.29 is 24.2 Å². The molecular formula is C29H38N4O5. The van der Waals surface area contributed by atoms with Crippen LogP contribution in [0.15, 0.2) is 48.6 Å². The second kappa shape index (κ2) is 9.85. The highest BCUT2D eigenvalue weighted by atomic mass is 16.5. The molecule has 1 unspecified atom stereocenters. The summed E-state index contributed by atoms with van der Waals surface area (Å²) in [6.07, 6.45) is 8.04. The van der Waals surface area contributed by atoms with Crippen molar-refractivity contribution in [3.05, 3.63) is 48.6 Å². The van der Waals surface area contributed by atoms with E-state index in [0.717, 1.165) is 24.5 Å². The molecule has 4 aliphatic rings. The van der Waals surface area contributed by atoms with Gasteiger partial charge < -0.3 is 29.4 Å². The molecule has 1 aromatic rings. The number of benzene rings is 1. The van der Waals surface area contributed by atoms with Crippen LogP contribution in [0.3, 0.4) is 0 Å². The zero-order valence-electron chi connectivity index (χ0n) is 22.7. The molecule has 1 spiro atoms. The van der Waals surface area contributed by atoms with Gasteiger partial charge in [-0.25, -0.2) is 0 Å². The van der Waals surface area contributed by atoms with Gasteiger partial charge in [-0.05, 0) is 44.5 Å². The van der Waals surface area contributed by atoms with E-state index in [4.69, 9.17) is 4.74 Å². The lowest BCUT2D eigenvalue weighted by Crippen LogP contribution is -2.56. The molecule has 0 aliphatic carbocycles. The first-order chi connectivity index (χ1) is 18.3. The fourth-order valence-corrected chi connectivity index (χ4v) is 6.89. The number of β-amino-alcohol motifs (C(OH)–C–C–N with tert-alkyl or cyclic N) is 1. The van der Waals surface area contributed by atoms with Gasteiger partial charge >= 0.3 is 0 Å². The lowest BCUT2D eigenvalue weighted by atomic mass is 9.73. The number of hydrogen-bond donors (Lipinski definition) is 1. The Morgan fingerprint density at radius 2 is 1.63 bits per heavy atom. The maximum Gasteiger partial charge on any atom is 0.253 e. The van der Waals surface area contributed by atoms with Crippen molar-refractivity contribution in [1.29, 1.82) is 0 Å². The third-order valence-electron chi connectivity index (χ3n) is 8.77. The van der Waals surface area contributed by atoms with Gasteiger partial charge in [-0.3, -0.25) is 14.4 Å². The van der Waals surface area contributed by atoms with Crippen LogP contribution in [0.25, 0.3) is 0 Å². The number of ether oxygens (including phenoxy) is 1. The van der Waals surface area contributed by atoms with Gasteiger partial charge in [-0.1, -0.05) is 31.2 Å². The van der Waals surface area contributed by atoms with E-state index in [2.05, 4.69) is 18.7 Å². The number of hydrogen-bond acceptors (Lipinski definition) is 6. The summed E-state index contributed by atoms with van der Waals surface area (Å²) >= 11 is 0. The van der Waals surface area contributed by atoms with Gasteiger partial charge in [0.2, 0.25) is 11.8 Å².